The van der Waals surface area contributed by atoms with Crippen LogP contribution in [0, 0.1) is 0 Å². The van der Waals surface area contributed by atoms with Crippen LogP contribution in [0.4, 0.5) is 13.2 Å². The van der Waals surface area contributed by atoms with Gasteiger partial charge in [0.15, 0.2) is 0 Å². The summed E-state index contributed by atoms with van der Waals surface area (Å²) in [5.74, 6) is 0. The lowest BCUT2D eigenvalue weighted by Crippen LogP contribution is -2.11. The fraction of sp³-hybridized carbons (Fsp3) is 0.167. The van der Waals surface area contributed by atoms with Gasteiger partial charge in [0, 0.05) is 9.35 Å². The zero-order valence-corrected chi connectivity index (χ0v) is 11.4. The molecule has 2 rings (SSSR count). The maximum Gasteiger partial charge on any atom is 0.416 e. The predicted octanol–water partition coefficient (Wildman–Crippen LogP) is 4.58. The first kappa shape index (κ1) is 13.6. The van der Waals surface area contributed by atoms with Crippen molar-refractivity contribution in [2.24, 2.45) is 5.73 Å². The Morgan fingerprint density at radius 3 is 2.17 bits per heavy atom. The van der Waals surface area contributed by atoms with Gasteiger partial charge in [0.05, 0.1) is 11.6 Å². The molecule has 0 aliphatic heterocycles. The van der Waals surface area contributed by atoms with Crippen molar-refractivity contribution in [3.8, 4) is 0 Å². The van der Waals surface area contributed by atoms with Crippen molar-refractivity contribution in [1.82, 2.24) is 0 Å². The largest absolute Gasteiger partial charge is 0.416 e. The van der Waals surface area contributed by atoms with Gasteiger partial charge in [-0.15, -0.1) is 11.3 Å². The van der Waals surface area contributed by atoms with Crippen LogP contribution in [-0.2, 0) is 6.18 Å². The second-order valence-corrected chi connectivity index (χ2v) is 5.53. The van der Waals surface area contributed by atoms with E-state index in [2.05, 4.69) is 15.9 Å². The summed E-state index contributed by atoms with van der Waals surface area (Å²) in [7, 11) is 0. The molecule has 1 nitrogen and oxygen atoms in total. The van der Waals surface area contributed by atoms with Crippen LogP contribution in [-0.4, -0.2) is 0 Å². The lowest BCUT2D eigenvalue weighted by atomic mass is 10.0. The highest BCUT2D eigenvalue weighted by Gasteiger charge is 2.30. The van der Waals surface area contributed by atoms with E-state index in [1.165, 1.54) is 23.5 Å². The predicted molar refractivity (Wildman–Crippen MR) is 69.5 cm³/mol. The number of hydrogen-bond acceptors (Lipinski definition) is 2. The summed E-state index contributed by atoms with van der Waals surface area (Å²) in [6.45, 7) is 0. The zero-order chi connectivity index (χ0) is 13.3. The van der Waals surface area contributed by atoms with Crippen LogP contribution in [0.5, 0.6) is 0 Å². The molecular weight excluding hydrogens is 327 g/mol. The van der Waals surface area contributed by atoms with E-state index in [1.807, 2.05) is 11.4 Å². The van der Waals surface area contributed by atoms with Gasteiger partial charge in [0.1, 0.15) is 0 Å². The highest BCUT2D eigenvalue weighted by atomic mass is 79.9. The Morgan fingerprint density at radius 1 is 1.11 bits per heavy atom. The van der Waals surface area contributed by atoms with Crippen LogP contribution in [0.1, 0.15) is 22.0 Å². The van der Waals surface area contributed by atoms with Gasteiger partial charge in [-0.3, -0.25) is 0 Å². The first-order valence-corrected chi connectivity index (χ1v) is 6.72. The third-order valence-corrected chi connectivity index (χ3v) is 4.48. The molecule has 1 unspecified atom stereocenters. The molecule has 0 amide bonds. The summed E-state index contributed by atoms with van der Waals surface area (Å²) in [5.41, 5.74) is 6.02. The van der Waals surface area contributed by atoms with E-state index in [4.69, 9.17) is 5.73 Å². The molecule has 0 aliphatic rings. The minimum Gasteiger partial charge on any atom is -0.320 e. The van der Waals surface area contributed by atoms with Crippen molar-refractivity contribution in [2.45, 2.75) is 12.2 Å². The van der Waals surface area contributed by atoms with Crippen molar-refractivity contribution in [1.29, 1.82) is 0 Å². The minimum atomic E-state index is -4.31. The van der Waals surface area contributed by atoms with Crippen molar-refractivity contribution in [3.63, 3.8) is 0 Å². The van der Waals surface area contributed by atoms with Gasteiger partial charge in [-0.25, -0.2) is 0 Å². The summed E-state index contributed by atoms with van der Waals surface area (Å²) in [4.78, 5) is 0.898. The van der Waals surface area contributed by atoms with E-state index in [0.717, 1.165) is 21.5 Å². The molecule has 0 bridgehead atoms. The molecule has 0 fully saturated rings. The van der Waals surface area contributed by atoms with E-state index < -0.39 is 17.8 Å². The fourth-order valence-corrected chi connectivity index (χ4v) is 3.21. The molecule has 1 atom stereocenters. The first-order valence-electron chi connectivity index (χ1n) is 5.05. The minimum absolute atomic E-state index is 0.415. The molecule has 2 aromatic rings. The molecule has 1 aromatic carbocycles. The Kier molecular flexibility index (Phi) is 3.79. The monoisotopic (exact) mass is 335 g/mol. The lowest BCUT2D eigenvalue weighted by molar-refractivity contribution is -0.137. The summed E-state index contributed by atoms with van der Waals surface area (Å²) >= 11 is 4.83. The second kappa shape index (κ2) is 5.03. The van der Waals surface area contributed by atoms with Crippen LogP contribution in [0.25, 0.3) is 0 Å². The first-order chi connectivity index (χ1) is 8.39. The normalized spacial score (nSPS) is 13.6. The molecule has 1 heterocycles. The lowest BCUT2D eigenvalue weighted by Gasteiger charge is -2.13. The molecule has 1 aromatic heterocycles. The highest BCUT2D eigenvalue weighted by Crippen LogP contribution is 2.33. The Bertz CT molecular complexity index is 533. The standard InChI is InChI=1S/C12H9BrF3NS/c13-9-5-6-18-11(9)10(17)7-1-3-8(4-2-7)12(14,15)16/h1-6,10H,17H2. The van der Waals surface area contributed by atoms with Gasteiger partial charge < -0.3 is 5.73 Å². The molecule has 96 valence electrons. The number of benzene rings is 1. The van der Waals surface area contributed by atoms with Crippen molar-refractivity contribution in [2.75, 3.05) is 0 Å². The topological polar surface area (TPSA) is 26.0 Å². The van der Waals surface area contributed by atoms with Gasteiger partial charge in [-0.2, -0.15) is 13.2 Å². The molecule has 0 radical (unpaired) electrons. The van der Waals surface area contributed by atoms with Crippen LogP contribution in [0.15, 0.2) is 40.2 Å². The number of hydrogen-bond donors (Lipinski definition) is 1. The number of thiophene rings is 1. The van der Waals surface area contributed by atoms with Crippen LogP contribution >= 0.6 is 27.3 Å². The van der Waals surface area contributed by atoms with Gasteiger partial charge in [-0.05, 0) is 45.1 Å². The van der Waals surface area contributed by atoms with Crippen LogP contribution < -0.4 is 5.73 Å². The molecule has 2 N–H and O–H groups in total. The third kappa shape index (κ3) is 2.76. The Balaban J connectivity index is 2.28. The third-order valence-electron chi connectivity index (χ3n) is 2.52. The van der Waals surface area contributed by atoms with Crippen molar-refractivity contribution >= 4 is 27.3 Å². The summed E-state index contributed by atoms with van der Waals surface area (Å²) in [6, 6.07) is 6.39. The smallest absolute Gasteiger partial charge is 0.320 e. The maximum atomic E-state index is 12.4. The van der Waals surface area contributed by atoms with Gasteiger partial charge in [-0.1, -0.05) is 12.1 Å². The van der Waals surface area contributed by atoms with Crippen molar-refractivity contribution in [3.05, 3.63) is 56.2 Å². The van der Waals surface area contributed by atoms with Crippen LogP contribution in [0.2, 0.25) is 0 Å². The molecule has 18 heavy (non-hydrogen) atoms. The number of halogens is 4. The van der Waals surface area contributed by atoms with E-state index in [1.54, 1.807) is 0 Å². The number of alkyl halides is 3. The average Bonchev–Trinajstić information content (AvgIpc) is 2.73. The number of rotatable bonds is 2. The molecule has 0 aliphatic carbocycles. The van der Waals surface area contributed by atoms with E-state index in [9.17, 15) is 13.2 Å². The SMILES string of the molecule is NC(c1ccc(C(F)(F)F)cc1)c1sccc1Br. The molecule has 0 saturated carbocycles. The quantitative estimate of drug-likeness (QED) is 0.854. The van der Waals surface area contributed by atoms with E-state index in [0.29, 0.717) is 5.56 Å². The Labute approximate surface area is 115 Å². The van der Waals surface area contributed by atoms with Crippen molar-refractivity contribution < 1.29 is 13.2 Å². The highest BCUT2D eigenvalue weighted by molar-refractivity contribution is 9.10. The van der Waals surface area contributed by atoms with E-state index in [-0.39, 0.29) is 0 Å². The second-order valence-electron chi connectivity index (χ2n) is 3.73. The average molecular weight is 336 g/mol. The summed E-state index contributed by atoms with van der Waals surface area (Å²) in [6.07, 6.45) is -4.31. The molecule has 0 spiro atoms. The fourth-order valence-electron chi connectivity index (χ4n) is 1.56. The van der Waals surface area contributed by atoms with Gasteiger partial charge >= 0.3 is 6.18 Å². The molecule has 6 heteroatoms. The summed E-state index contributed by atoms with van der Waals surface area (Å²) in [5, 5.41) is 1.88. The maximum absolute atomic E-state index is 12.4. The van der Waals surface area contributed by atoms with E-state index >= 15 is 0 Å². The van der Waals surface area contributed by atoms with Gasteiger partial charge in [0.25, 0.3) is 0 Å². The summed E-state index contributed by atoms with van der Waals surface area (Å²) < 4.78 is 38.1. The molecule has 0 saturated heterocycles. The van der Waals surface area contributed by atoms with Crippen LogP contribution in [0.3, 0.4) is 0 Å². The molecular formula is C12H9BrF3NS. The number of nitrogens with two attached hydrogens (primary N) is 1. The Hall–Kier alpha value is -0.850. The van der Waals surface area contributed by atoms with Gasteiger partial charge in [0.2, 0.25) is 0 Å². The Morgan fingerprint density at radius 2 is 1.72 bits per heavy atom. The zero-order valence-electron chi connectivity index (χ0n) is 9.04.